The Balaban J connectivity index is 2.46. The molecule has 92 valence electrons. The van der Waals surface area contributed by atoms with Crippen molar-refractivity contribution in [3.8, 4) is 11.5 Å². The first-order valence-corrected chi connectivity index (χ1v) is 5.32. The number of benzene rings is 1. The third-order valence-electron chi connectivity index (χ3n) is 2.91. The normalized spacial score (nSPS) is 22.5. The van der Waals surface area contributed by atoms with Crippen molar-refractivity contribution in [3.63, 3.8) is 0 Å². The molecule has 1 heterocycles. The molecule has 0 radical (unpaired) electrons. The molecule has 0 aromatic heterocycles. The van der Waals surface area contributed by atoms with Crippen LogP contribution in [0.25, 0.3) is 0 Å². The highest BCUT2D eigenvalue weighted by molar-refractivity contribution is 5.93. The summed E-state index contributed by atoms with van der Waals surface area (Å²) >= 11 is 0. The van der Waals surface area contributed by atoms with E-state index in [1.165, 1.54) is 13.2 Å². The van der Waals surface area contributed by atoms with Gasteiger partial charge in [-0.25, -0.2) is 4.79 Å². The molecule has 0 amide bonds. The average Bonchev–Trinajstić information content (AvgIpc) is 2.31. The van der Waals surface area contributed by atoms with Gasteiger partial charge >= 0.3 is 5.97 Å². The van der Waals surface area contributed by atoms with Crippen LogP contribution in [0.2, 0.25) is 0 Å². The quantitative estimate of drug-likeness (QED) is 0.716. The molecular weight excluding hydrogens is 224 g/mol. The number of esters is 1. The summed E-state index contributed by atoms with van der Waals surface area (Å²) in [5.74, 6) is -0.459. The van der Waals surface area contributed by atoms with Crippen LogP contribution in [0.4, 0.5) is 0 Å². The summed E-state index contributed by atoms with van der Waals surface area (Å²) in [6.45, 7) is 1.80. The van der Waals surface area contributed by atoms with Gasteiger partial charge in [0.25, 0.3) is 0 Å². The number of aliphatic hydroxyl groups excluding tert-OH is 1. The van der Waals surface area contributed by atoms with Gasteiger partial charge in [-0.15, -0.1) is 0 Å². The van der Waals surface area contributed by atoms with Crippen molar-refractivity contribution >= 4 is 5.97 Å². The fraction of sp³-hybridized carbons (Fsp3) is 0.417. The van der Waals surface area contributed by atoms with Crippen molar-refractivity contribution in [2.24, 2.45) is 5.92 Å². The lowest BCUT2D eigenvalue weighted by molar-refractivity contribution is -0.0673. The van der Waals surface area contributed by atoms with Crippen LogP contribution in [0.15, 0.2) is 12.1 Å². The molecular formula is C12H14O5. The van der Waals surface area contributed by atoms with Gasteiger partial charge in [0.05, 0.1) is 7.11 Å². The smallest absolute Gasteiger partial charge is 0.341 e. The number of phenols is 1. The van der Waals surface area contributed by atoms with Crippen molar-refractivity contribution in [3.05, 3.63) is 23.3 Å². The maximum atomic E-state index is 11.4. The molecule has 0 fully saturated rings. The van der Waals surface area contributed by atoms with Crippen LogP contribution in [0.3, 0.4) is 0 Å². The highest BCUT2D eigenvalue weighted by atomic mass is 16.6. The lowest BCUT2D eigenvalue weighted by atomic mass is 9.94. The van der Waals surface area contributed by atoms with E-state index in [4.69, 9.17) is 4.74 Å². The second-order valence-corrected chi connectivity index (χ2v) is 4.12. The predicted molar refractivity (Wildman–Crippen MR) is 58.9 cm³/mol. The second-order valence-electron chi connectivity index (χ2n) is 4.12. The summed E-state index contributed by atoms with van der Waals surface area (Å²) in [5, 5.41) is 19.5. The molecule has 1 aromatic carbocycles. The third-order valence-corrected chi connectivity index (χ3v) is 2.91. The summed E-state index contributed by atoms with van der Waals surface area (Å²) in [6.07, 6.45) is -0.432. The molecule has 2 atom stereocenters. The summed E-state index contributed by atoms with van der Waals surface area (Å²) in [6, 6.07) is 2.97. The van der Waals surface area contributed by atoms with Crippen molar-refractivity contribution in [2.75, 3.05) is 7.11 Å². The van der Waals surface area contributed by atoms with Gasteiger partial charge in [-0.2, -0.15) is 0 Å². The third kappa shape index (κ3) is 1.93. The van der Waals surface area contributed by atoms with Gasteiger partial charge < -0.3 is 19.7 Å². The Kier molecular flexibility index (Phi) is 2.93. The molecule has 2 unspecified atom stereocenters. The van der Waals surface area contributed by atoms with E-state index < -0.39 is 12.3 Å². The van der Waals surface area contributed by atoms with Crippen LogP contribution >= 0.6 is 0 Å². The number of ether oxygens (including phenoxy) is 2. The van der Waals surface area contributed by atoms with E-state index in [-0.39, 0.29) is 17.2 Å². The first kappa shape index (κ1) is 11.7. The van der Waals surface area contributed by atoms with Gasteiger partial charge in [-0.3, -0.25) is 0 Å². The van der Waals surface area contributed by atoms with Crippen LogP contribution in [-0.4, -0.2) is 29.6 Å². The first-order chi connectivity index (χ1) is 8.04. The van der Waals surface area contributed by atoms with Crippen LogP contribution in [0.5, 0.6) is 11.5 Å². The minimum absolute atomic E-state index is 0.110. The zero-order chi connectivity index (χ0) is 12.6. The molecule has 0 saturated carbocycles. The van der Waals surface area contributed by atoms with Crippen molar-refractivity contribution < 1.29 is 24.5 Å². The van der Waals surface area contributed by atoms with Crippen LogP contribution in [0, 0.1) is 5.92 Å². The van der Waals surface area contributed by atoms with Crippen molar-refractivity contribution in [2.45, 2.75) is 19.6 Å². The number of hydrogen-bond donors (Lipinski definition) is 2. The number of hydrogen-bond acceptors (Lipinski definition) is 5. The lowest BCUT2D eigenvalue weighted by Crippen LogP contribution is -2.30. The topological polar surface area (TPSA) is 76.0 Å². The molecule has 2 rings (SSSR count). The number of carbonyl (C=O) groups excluding carboxylic acids is 1. The Morgan fingerprint density at radius 2 is 2.24 bits per heavy atom. The Labute approximate surface area is 98.6 Å². The summed E-state index contributed by atoms with van der Waals surface area (Å²) in [7, 11) is 1.25. The van der Waals surface area contributed by atoms with Crippen LogP contribution in [-0.2, 0) is 11.2 Å². The zero-order valence-corrected chi connectivity index (χ0v) is 9.64. The Morgan fingerprint density at radius 3 is 2.88 bits per heavy atom. The number of rotatable bonds is 1. The van der Waals surface area contributed by atoms with E-state index in [9.17, 15) is 15.0 Å². The number of phenolic OH excluding ortho intramolecular Hbond substituents is 1. The fourth-order valence-electron chi connectivity index (χ4n) is 1.87. The summed E-state index contributed by atoms with van der Waals surface area (Å²) < 4.78 is 9.80. The van der Waals surface area contributed by atoms with Gasteiger partial charge in [-0.05, 0) is 18.6 Å². The van der Waals surface area contributed by atoms with E-state index >= 15 is 0 Å². The lowest BCUT2D eigenvalue weighted by Gasteiger charge is -2.28. The first-order valence-electron chi connectivity index (χ1n) is 5.32. The number of fused-ring (bicyclic) bond motifs is 1. The number of aromatic hydroxyl groups is 1. The Bertz CT molecular complexity index is 454. The molecule has 5 nitrogen and oxygen atoms in total. The number of methoxy groups -OCH3 is 1. The Hall–Kier alpha value is -1.75. The van der Waals surface area contributed by atoms with Gasteiger partial charge in [0, 0.05) is 11.5 Å². The molecule has 0 aliphatic carbocycles. The second kappa shape index (κ2) is 4.25. The highest BCUT2D eigenvalue weighted by Gasteiger charge is 2.29. The van der Waals surface area contributed by atoms with Gasteiger partial charge in [0.15, 0.2) is 6.29 Å². The van der Waals surface area contributed by atoms with Crippen LogP contribution in [0.1, 0.15) is 22.8 Å². The zero-order valence-electron chi connectivity index (χ0n) is 9.64. The van der Waals surface area contributed by atoms with E-state index in [1.807, 2.05) is 0 Å². The minimum Gasteiger partial charge on any atom is -0.507 e. The monoisotopic (exact) mass is 238 g/mol. The molecule has 1 aliphatic heterocycles. The predicted octanol–water partition coefficient (Wildman–Crippen LogP) is 1.07. The largest absolute Gasteiger partial charge is 0.507 e. The summed E-state index contributed by atoms with van der Waals surface area (Å²) in [5.41, 5.74) is 0.643. The van der Waals surface area contributed by atoms with Crippen molar-refractivity contribution in [1.29, 1.82) is 0 Å². The minimum atomic E-state index is -0.883. The molecule has 1 aliphatic rings. The SMILES string of the molecule is COC(=O)c1ccc2c(c1O)CC(C)C(O)O2. The molecule has 5 heteroatoms. The standard InChI is InChI=1S/C12H14O5/c1-6-5-8-9(17-11(6)14)4-3-7(10(8)13)12(15)16-2/h3-4,6,11,13-14H,5H2,1-2H3. The van der Waals surface area contributed by atoms with E-state index in [0.29, 0.717) is 17.7 Å². The number of aliphatic hydroxyl groups is 1. The molecule has 1 aromatic rings. The molecule has 17 heavy (non-hydrogen) atoms. The fourth-order valence-corrected chi connectivity index (χ4v) is 1.87. The summed E-state index contributed by atoms with van der Waals surface area (Å²) in [4.78, 5) is 11.4. The maximum Gasteiger partial charge on any atom is 0.341 e. The average molecular weight is 238 g/mol. The molecule has 0 saturated heterocycles. The number of carbonyl (C=O) groups is 1. The van der Waals surface area contributed by atoms with E-state index in [1.54, 1.807) is 13.0 Å². The van der Waals surface area contributed by atoms with Crippen LogP contribution < -0.4 is 4.74 Å². The van der Waals surface area contributed by atoms with E-state index in [2.05, 4.69) is 4.74 Å². The molecule has 2 N–H and O–H groups in total. The van der Waals surface area contributed by atoms with Crippen molar-refractivity contribution in [1.82, 2.24) is 0 Å². The molecule has 0 spiro atoms. The van der Waals surface area contributed by atoms with Gasteiger partial charge in [0.2, 0.25) is 0 Å². The highest BCUT2D eigenvalue weighted by Crippen LogP contribution is 2.38. The Morgan fingerprint density at radius 1 is 1.53 bits per heavy atom. The van der Waals surface area contributed by atoms with Gasteiger partial charge in [0.1, 0.15) is 17.1 Å². The van der Waals surface area contributed by atoms with E-state index in [0.717, 1.165) is 0 Å². The van der Waals surface area contributed by atoms with Gasteiger partial charge in [-0.1, -0.05) is 6.92 Å². The maximum absolute atomic E-state index is 11.4. The molecule has 0 bridgehead atoms.